The zero-order chi connectivity index (χ0) is 44.3. The lowest BCUT2D eigenvalue weighted by Gasteiger charge is -2.26. The third-order valence-electron chi connectivity index (χ3n) is 12.4. The Morgan fingerprint density at radius 2 is 0.800 bits per heavy atom. The molecule has 0 bridgehead atoms. The van der Waals surface area contributed by atoms with Gasteiger partial charge >= 0.3 is 7.82 Å². The molecule has 60 heavy (non-hydrogen) atoms. The second kappa shape index (κ2) is 43.7. The highest BCUT2D eigenvalue weighted by atomic mass is 31.2. The predicted molar refractivity (Wildman–Crippen MR) is 259 cm³/mol. The van der Waals surface area contributed by atoms with E-state index in [4.69, 9.17) is 9.05 Å². The fourth-order valence-electron chi connectivity index (χ4n) is 8.17. The molecule has 0 aliphatic rings. The van der Waals surface area contributed by atoms with E-state index in [0.29, 0.717) is 23.9 Å². The Balaban J connectivity index is 3.77. The number of nitrogens with one attached hydrogen (secondary N) is 1. The number of unbranched alkanes of at least 4 members (excludes halogenated alkanes) is 36. The van der Waals surface area contributed by atoms with Crippen molar-refractivity contribution >= 4 is 13.7 Å². The van der Waals surface area contributed by atoms with E-state index in [9.17, 15) is 19.4 Å². The van der Waals surface area contributed by atoms with E-state index in [2.05, 4.69) is 19.2 Å². The van der Waals surface area contributed by atoms with Gasteiger partial charge in [0.2, 0.25) is 5.91 Å². The van der Waals surface area contributed by atoms with E-state index >= 15 is 0 Å². The van der Waals surface area contributed by atoms with E-state index in [0.717, 1.165) is 38.5 Å². The highest BCUT2D eigenvalue weighted by Gasteiger charge is 2.28. The van der Waals surface area contributed by atoms with E-state index in [1.807, 2.05) is 21.1 Å². The first-order chi connectivity index (χ1) is 29.0. The molecule has 0 radical (unpaired) electrons. The number of hydrogen-bond acceptors (Lipinski definition) is 5. The highest BCUT2D eigenvalue weighted by molar-refractivity contribution is 7.47. The number of likely N-dealkylation sites (N-methyl/N-ethyl adjacent to an activating group) is 1. The standard InChI is InChI=1S/C51H105N2O6P/c1-6-8-10-12-14-15-16-17-18-19-20-21-22-23-24-25-26-27-28-29-30-31-32-33-34-35-36-37-38-39-41-43-45-51(55)52-49(50(54)44-42-40-13-11-9-7-2)48-59-60(56,57)58-47-46-53(3,4)5/h49-50,54H,6-48H2,1-5H3,(H-,52,55,56,57)/p+1. The van der Waals surface area contributed by atoms with Crippen LogP contribution in [0.3, 0.4) is 0 Å². The summed E-state index contributed by atoms with van der Waals surface area (Å²) in [5.74, 6) is -0.144. The van der Waals surface area contributed by atoms with Gasteiger partial charge in [-0.1, -0.05) is 251 Å². The molecular weight excluding hydrogens is 768 g/mol. The Labute approximate surface area is 374 Å². The molecular formula is C51H106N2O6P+. The van der Waals surface area contributed by atoms with Crippen LogP contribution >= 0.6 is 7.82 Å². The van der Waals surface area contributed by atoms with Crippen LogP contribution in [0.15, 0.2) is 0 Å². The molecule has 360 valence electrons. The zero-order valence-electron chi connectivity index (χ0n) is 41.0. The Kier molecular flexibility index (Phi) is 43.4. The van der Waals surface area contributed by atoms with E-state index in [1.54, 1.807) is 0 Å². The van der Waals surface area contributed by atoms with E-state index < -0.39 is 20.0 Å². The number of amides is 1. The smallest absolute Gasteiger partial charge is 0.391 e. The quantitative estimate of drug-likeness (QED) is 0.0319. The number of quaternary nitrogens is 1. The van der Waals surface area contributed by atoms with Gasteiger partial charge in [-0.2, -0.15) is 0 Å². The average Bonchev–Trinajstić information content (AvgIpc) is 3.20. The van der Waals surface area contributed by atoms with Gasteiger partial charge in [-0.05, 0) is 12.8 Å². The van der Waals surface area contributed by atoms with Crippen molar-refractivity contribution in [3.63, 3.8) is 0 Å². The molecule has 9 heteroatoms. The summed E-state index contributed by atoms with van der Waals surface area (Å²) in [5, 5.41) is 13.8. The van der Waals surface area contributed by atoms with Gasteiger partial charge in [-0.3, -0.25) is 13.8 Å². The summed E-state index contributed by atoms with van der Waals surface area (Å²) in [4.78, 5) is 23.0. The third kappa shape index (κ3) is 45.5. The molecule has 0 aliphatic carbocycles. The molecule has 8 nitrogen and oxygen atoms in total. The van der Waals surface area contributed by atoms with E-state index in [1.165, 1.54) is 205 Å². The largest absolute Gasteiger partial charge is 0.472 e. The Morgan fingerprint density at radius 3 is 1.12 bits per heavy atom. The summed E-state index contributed by atoms with van der Waals surface area (Å²) in [6.45, 7) is 4.85. The second-order valence-corrected chi connectivity index (χ2v) is 21.1. The summed E-state index contributed by atoms with van der Waals surface area (Å²) in [6.07, 6.45) is 50.7. The molecule has 0 aromatic rings. The highest BCUT2D eigenvalue weighted by Crippen LogP contribution is 2.43. The predicted octanol–water partition coefficient (Wildman–Crippen LogP) is 15.3. The molecule has 0 aromatic heterocycles. The first-order valence-electron chi connectivity index (χ1n) is 26.4. The molecule has 0 heterocycles. The van der Waals surface area contributed by atoms with Gasteiger partial charge in [0.25, 0.3) is 0 Å². The maximum Gasteiger partial charge on any atom is 0.472 e. The van der Waals surface area contributed by atoms with Gasteiger partial charge < -0.3 is 19.8 Å². The number of phosphoric acid groups is 1. The van der Waals surface area contributed by atoms with Crippen molar-refractivity contribution in [1.29, 1.82) is 0 Å². The molecule has 3 unspecified atom stereocenters. The van der Waals surface area contributed by atoms with Crippen molar-refractivity contribution in [1.82, 2.24) is 5.32 Å². The lowest BCUT2D eigenvalue weighted by Crippen LogP contribution is -2.46. The number of aliphatic hydroxyl groups excluding tert-OH is 1. The Hall–Kier alpha value is -0.500. The minimum atomic E-state index is -4.30. The summed E-state index contributed by atoms with van der Waals surface area (Å²) in [7, 11) is 1.63. The van der Waals surface area contributed by atoms with Crippen molar-refractivity contribution in [2.24, 2.45) is 0 Å². The minimum absolute atomic E-state index is 0.0777. The zero-order valence-corrected chi connectivity index (χ0v) is 41.9. The number of aliphatic hydroxyl groups is 1. The summed E-state index contributed by atoms with van der Waals surface area (Å²) in [5.41, 5.74) is 0. The van der Waals surface area contributed by atoms with Crippen LogP contribution in [-0.4, -0.2) is 73.4 Å². The fourth-order valence-corrected chi connectivity index (χ4v) is 8.90. The number of phosphoric ester groups is 1. The molecule has 0 saturated carbocycles. The molecule has 0 saturated heterocycles. The molecule has 1 amide bonds. The van der Waals surface area contributed by atoms with Crippen LogP contribution < -0.4 is 5.32 Å². The maximum atomic E-state index is 12.8. The lowest BCUT2D eigenvalue weighted by molar-refractivity contribution is -0.870. The second-order valence-electron chi connectivity index (χ2n) is 19.6. The van der Waals surface area contributed by atoms with Crippen LogP contribution in [0.1, 0.15) is 271 Å². The van der Waals surface area contributed by atoms with E-state index in [-0.39, 0.29) is 19.1 Å². The topological polar surface area (TPSA) is 105 Å². The summed E-state index contributed by atoms with van der Waals surface area (Å²) in [6, 6.07) is -0.751. The number of carbonyl (C=O) groups is 1. The Morgan fingerprint density at radius 1 is 0.500 bits per heavy atom. The SMILES string of the molecule is CCCCCCCCCCCCCCCCCCCCCCCCCCCCCCCCCCC(=O)NC(COP(=O)(O)OCC[N+](C)(C)C)C(O)CCCCCCCC. The van der Waals surface area contributed by atoms with Crippen LogP contribution in [0.25, 0.3) is 0 Å². The van der Waals surface area contributed by atoms with Gasteiger partial charge in [0.15, 0.2) is 0 Å². The van der Waals surface area contributed by atoms with Gasteiger partial charge in [0.05, 0.1) is 39.9 Å². The van der Waals surface area contributed by atoms with Crippen molar-refractivity contribution < 1.29 is 32.9 Å². The van der Waals surface area contributed by atoms with Crippen LogP contribution in [0.4, 0.5) is 0 Å². The molecule has 0 fully saturated rings. The molecule has 0 aromatic carbocycles. The number of nitrogens with zero attached hydrogens (tertiary/aromatic N) is 1. The lowest BCUT2D eigenvalue weighted by atomic mass is 10.0. The summed E-state index contributed by atoms with van der Waals surface area (Å²) < 4.78 is 23.5. The summed E-state index contributed by atoms with van der Waals surface area (Å²) >= 11 is 0. The molecule has 0 spiro atoms. The first kappa shape index (κ1) is 59.5. The van der Waals surface area contributed by atoms with Gasteiger partial charge in [-0.15, -0.1) is 0 Å². The monoisotopic (exact) mass is 874 g/mol. The first-order valence-corrected chi connectivity index (χ1v) is 27.9. The minimum Gasteiger partial charge on any atom is -0.391 e. The van der Waals surface area contributed by atoms with Crippen molar-refractivity contribution in [2.45, 2.75) is 283 Å². The van der Waals surface area contributed by atoms with Crippen LogP contribution in [0, 0.1) is 0 Å². The van der Waals surface area contributed by atoms with Crippen LogP contribution in [-0.2, 0) is 18.4 Å². The van der Waals surface area contributed by atoms with Gasteiger partial charge in [0.1, 0.15) is 13.2 Å². The van der Waals surface area contributed by atoms with Crippen molar-refractivity contribution in [2.75, 3.05) is 40.9 Å². The maximum absolute atomic E-state index is 12.8. The van der Waals surface area contributed by atoms with Crippen LogP contribution in [0.2, 0.25) is 0 Å². The average molecular weight is 874 g/mol. The molecule has 0 aliphatic heterocycles. The molecule has 0 rings (SSSR count). The number of rotatable bonds is 49. The fraction of sp³-hybridized carbons (Fsp3) is 0.980. The van der Waals surface area contributed by atoms with Gasteiger partial charge in [-0.25, -0.2) is 4.57 Å². The Bertz CT molecular complexity index is 947. The van der Waals surface area contributed by atoms with Gasteiger partial charge in [0, 0.05) is 6.42 Å². The third-order valence-corrected chi connectivity index (χ3v) is 13.3. The normalized spacial score (nSPS) is 14.1. The molecule has 3 atom stereocenters. The number of carbonyl (C=O) groups excluding carboxylic acids is 1. The van der Waals surface area contributed by atoms with Crippen LogP contribution in [0.5, 0.6) is 0 Å². The number of hydrogen-bond donors (Lipinski definition) is 3. The molecule has 3 N–H and O–H groups in total. The van der Waals surface area contributed by atoms with Crippen molar-refractivity contribution in [3.05, 3.63) is 0 Å². The van der Waals surface area contributed by atoms with Crippen molar-refractivity contribution in [3.8, 4) is 0 Å².